The number of aromatic nitrogens is 1. The first kappa shape index (κ1) is 16.1. The molecular formula is C17H21F2N3O. The van der Waals surface area contributed by atoms with Crippen LogP contribution >= 0.6 is 0 Å². The third-order valence-corrected chi connectivity index (χ3v) is 4.03. The molecule has 2 aromatic rings. The summed E-state index contributed by atoms with van der Waals surface area (Å²) in [7, 11) is 0. The summed E-state index contributed by atoms with van der Waals surface area (Å²) in [4.78, 5) is 6.25. The normalized spacial score (nSPS) is 22.4. The maximum absolute atomic E-state index is 14.0. The average Bonchev–Trinajstić information content (AvgIpc) is 2.50. The van der Waals surface area contributed by atoms with Crippen molar-refractivity contribution in [2.75, 3.05) is 31.5 Å². The van der Waals surface area contributed by atoms with Crippen LogP contribution in [0.4, 0.5) is 14.5 Å². The smallest absolute Gasteiger partial charge is 0.149 e. The van der Waals surface area contributed by atoms with Gasteiger partial charge in [0, 0.05) is 38.1 Å². The molecule has 124 valence electrons. The highest BCUT2D eigenvalue weighted by molar-refractivity contribution is 5.91. The van der Waals surface area contributed by atoms with E-state index in [1.54, 1.807) is 6.07 Å². The second-order valence-corrected chi connectivity index (χ2v) is 6.05. The number of anilines is 1. The molecule has 1 aliphatic heterocycles. The van der Waals surface area contributed by atoms with Crippen LogP contribution in [0.1, 0.15) is 13.8 Å². The monoisotopic (exact) mass is 321 g/mol. The van der Waals surface area contributed by atoms with Crippen molar-refractivity contribution in [3.63, 3.8) is 0 Å². The Labute approximate surface area is 134 Å². The summed E-state index contributed by atoms with van der Waals surface area (Å²) in [5.41, 5.74) is 0.630. The van der Waals surface area contributed by atoms with Crippen molar-refractivity contribution in [3.8, 4) is 0 Å². The molecule has 23 heavy (non-hydrogen) atoms. The highest BCUT2D eigenvalue weighted by atomic mass is 19.1. The van der Waals surface area contributed by atoms with Gasteiger partial charge in [0.2, 0.25) is 0 Å². The number of halogens is 2. The van der Waals surface area contributed by atoms with Gasteiger partial charge in [-0.2, -0.15) is 0 Å². The largest absolute Gasteiger partial charge is 0.383 e. The summed E-state index contributed by atoms with van der Waals surface area (Å²) >= 11 is 0. The van der Waals surface area contributed by atoms with Crippen LogP contribution in [-0.2, 0) is 4.74 Å². The van der Waals surface area contributed by atoms with Crippen LogP contribution in [-0.4, -0.2) is 48.3 Å². The fourth-order valence-electron chi connectivity index (χ4n) is 3.16. The van der Waals surface area contributed by atoms with Gasteiger partial charge in [0.1, 0.15) is 17.2 Å². The minimum Gasteiger partial charge on any atom is -0.383 e. The molecule has 1 saturated heterocycles. The molecular weight excluding hydrogens is 300 g/mol. The van der Waals surface area contributed by atoms with Crippen molar-refractivity contribution in [1.82, 2.24) is 9.88 Å². The first-order valence-electron chi connectivity index (χ1n) is 7.89. The molecule has 1 N–H and O–H groups in total. The van der Waals surface area contributed by atoms with Gasteiger partial charge in [-0.15, -0.1) is 0 Å². The zero-order valence-corrected chi connectivity index (χ0v) is 13.4. The maximum atomic E-state index is 14.0. The number of nitrogens with zero attached hydrogens (tertiary/aromatic N) is 2. The molecule has 0 saturated carbocycles. The quantitative estimate of drug-likeness (QED) is 0.939. The van der Waals surface area contributed by atoms with E-state index in [0.717, 1.165) is 31.8 Å². The van der Waals surface area contributed by atoms with E-state index in [0.29, 0.717) is 12.2 Å². The molecule has 1 aliphatic rings. The number of hydrogen-bond donors (Lipinski definition) is 1. The van der Waals surface area contributed by atoms with Crippen molar-refractivity contribution in [3.05, 3.63) is 36.0 Å². The Balaban J connectivity index is 1.69. The van der Waals surface area contributed by atoms with Gasteiger partial charge < -0.3 is 10.1 Å². The summed E-state index contributed by atoms with van der Waals surface area (Å²) in [6, 6.07) is 3.91. The molecule has 2 heterocycles. The van der Waals surface area contributed by atoms with Gasteiger partial charge in [-0.25, -0.2) is 8.78 Å². The molecule has 0 spiro atoms. The minimum absolute atomic E-state index is 0.0589. The second-order valence-electron chi connectivity index (χ2n) is 6.05. The summed E-state index contributed by atoms with van der Waals surface area (Å²) in [6.07, 6.45) is 1.92. The molecule has 1 fully saturated rings. The van der Waals surface area contributed by atoms with E-state index >= 15 is 0 Å². The standard InChI is InChI=1S/C17H21F2N3O/c1-11-9-22(10-12(2)23-11)8-7-20-15-5-6-21-17-14(19)4-3-13(18)16(15)17/h3-6,11-12H,7-10H2,1-2H3,(H,20,21). The van der Waals surface area contributed by atoms with Crippen LogP contribution in [0.5, 0.6) is 0 Å². The number of ether oxygens (including phenoxy) is 1. The van der Waals surface area contributed by atoms with Crippen molar-refractivity contribution in [2.24, 2.45) is 0 Å². The Bertz CT molecular complexity index is 685. The Morgan fingerprint density at radius 2 is 1.87 bits per heavy atom. The van der Waals surface area contributed by atoms with E-state index in [1.807, 2.05) is 0 Å². The van der Waals surface area contributed by atoms with Crippen LogP contribution in [0.25, 0.3) is 10.9 Å². The highest BCUT2D eigenvalue weighted by Gasteiger charge is 2.21. The van der Waals surface area contributed by atoms with Gasteiger partial charge in [0.05, 0.1) is 17.6 Å². The number of benzene rings is 1. The number of hydrogen-bond acceptors (Lipinski definition) is 4. The lowest BCUT2D eigenvalue weighted by Gasteiger charge is -2.35. The summed E-state index contributed by atoms with van der Waals surface area (Å²) < 4.78 is 33.5. The number of rotatable bonds is 4. The zero-order valence-electron chi connectivity index (χ0n) is 13.4. The van der Waals surface area contributed by atoms with E-state index in [4.69, 9.17) is 4.74 Å². The third-order valence-electron chi connectivity index (χ3n) is 4.03. The van der Waals surface area contributed by atoms with Crippen LogP contribution in [0, 0.1) is 11.6 Å². The average molecular weight is 321 g/mol. The first-order valence-corrected chi connectivity index (χ1v) is 7.89. The number of morpholine rings is 1. The number of nitrogens with one attached hydrogen (secondary N) is 1. The summed E-state index contributed by atoms with van der Waals surface area (Å²) in [6.45, 7) is 7.35. The van der Waals surface area contributed by atoms with Crippen molar-refractivity contribution in [1.29, 1.82) is 0 Å². The van der Waals surface area contributed by atoms with Crippen LogP contribution in [0.3, 0.4) is 0 Å². The predicted octanol–water partition coefficient (Wildman–Crippen LogP) is 3.03. The molecule has 0 radical (unpaired) electrons. The molecule has 0 bridgehead atoms. The van der Waals surface area contributed by atoms with Gasteiger partial charge in [-0.1, -0.05) is 0 Å². The van der Waals surface area contributed by atoms with Gasteiger partial charge in [-0.3, -0.25) is 9.88 Å². The first-order chi connectivity index (χ1) is 11.0. The van der Waals surface area contributed by atoms with E-state index < -0.39 is 11.6 Å². The maximum Gasteiger partial charge on any atom is 0.149 e. The highest BCUT2D eigenvalue weighted by Crippen LogP contribution is 2.26. The van der Waals surface area contributed by atoms with E-state index in [2.05, 4.69) is 29.0 Å². The van der Waals surface area contributed by atoms with Gasteiger partial charge in [-0.05, 0) is 32.0 Å². The molecule has 4 nitrogen and oxygen atoms in total. The topological polar surface area (TPSA) is 37.4 Å². The number of fused-ring (bicyclic) bond motifs is 1. The third kappa shape index (κ3) is 3.59. The molecule has 0 amide bonds. The Morgan fingerprint density at radius 1 is 1.17 bits per heavy atom. The predicted molar refractivity (Wildman–Crippen MR) is 86.6 cm³/mol. The fraction of sp³-hybridized carbons (Fsp3) is 0.471. The van der Waals surface area contributed by atoms with Crippen LogP contribution in [0.2, 0.25) is 0 Å². The van der Waals surface area contributed by atoms with Crippen LogP contribution < -0.4 is 5.32 Å². The van der Waals surface area contributed by atoms with Crippen molar-refractivity contribution < 1.29 is 13.5 Å². The van der Waals surface area contributed by atoms with Crippen LogP contribution in [0.15, 0.2) is 24.4 Å². The molecule has 2 unspecified atom stereocenters. The Kier molecular flexibility index (Phi) is 4.73. The molecule has 2 atom stereocenters. The fourth-order valence-corrected chi connectivity index (χ4v) is 3.16. The number of pyridine rings is 1. The van der Waals surface area contributed by atoms with Crippen molar-refractivity contribution >= 4 is 16.6 Å². The lowest BCUT2D eigenvalue weighted by atomic mass is 10.1. The lowest BCUT2D eigenvalue weighted by Crippen LogP contribution is -2.46. The minimum atomic E-state index is -0.513. The van der Waals surface area contributed by atoms with E-state index in [-0.39, 0.29) is 23.1 Å². The zero-order chi connectivity index (χ0) is 16.4. The molecule has 6 heteroatoms. The second kappa shape index (κ2) is 6.76. The Hall–Kier alpha value is -1.79. The molecule has 1 aromatic heterocycles. The lowest BCUT2D eigenvalue weighted by molar-refractivity contribution is -0.0667. The summed E-state index contributed by atoms with van der Waals surface area (Å²) in [5.74, 6) is -0.980. The Morgan fingerprint density at radius 3 is 2.61 bits per heavy atom. The van der Waals surface area contributed by atoms with Gasteiger partial charge in [0.15, 0.2) is 0 Å². The molecule has 3 rings (SSSR count). The molecule has 0 aliphatic carbocycles. The van der Waals surface area contributed by atoms with E-state index in [1.165, 1.54) is 6.20 Å². The van der Waals surface area contributed by atoms with Crippen molar-refractivity contribution in [2.45, 2.75) is 26.1 Å². The van der Waals surface area contributed by atoms with E-state index in [9.17, 15) is 8.78 Å². The van der Waals surface area contributed by atoms with Gasteiger partial charge in [0.25, 0.3) is 0 Å². The molecule has 1 aromatic carbocycles. The summed E-state index contributed by atoms with van der Waals surface area (Å²) in [5, 5.41) is 3.41. The SMILES string of the molecule is CC1CN(CCNc2ccnc3c(F)ccc(F)c23)CC(C)O1. The van der Waals surface area contributed by atoms with Gasteiger partial charge >= 0.3 is 0 Å².